The Balaban J connectivity index is 1.86. The molecule has 0 saturated carbocycles. The normalized spacial score (nSPS) is 9.88. The highest BCUT2D eigenvalue weighted by Crippen LogP contribution is 2.11. The lowest BCUT2D eigenvalue weighted by Gasteiger charge is -2.10. The minimum absolute atomic E-state index is 0.0512. The van der Waals surface area contributed by atoms with Crippen molar-refractivity contribution in [3.8, 4) is 5.75 Å². The molecule has 3 N–H and O–H groups in total. The molecule has 0 heterocycles. The fourth-order valence-corrected chi connectivity index (χ4v) is 1.88. The molecule has 0 fully saturated rings. The van der Waals surface area contributed by atoms with Gasteiger partial charge in [-0.1, -0.05) is 29.8 Å². The number of carboxylic acid groups (broad SMARTS) is 1. The molecule has 0 spiro atoms. The van der Waals surface area contributed by atoms with Crippen LogP contribution in [0.1, 0.15) is 26.3 Å². The fourth-order valence-electron chi connectivity index (χ4n) is 1.88. The van der Waals surface area contributed by atoms with Crippen LogP contribution in [0.3, 0.4) is 0 Å². The molecule has 2 aromatic rings. The van der Waals surface area contributed by atoms with Gasteiger partial charge in [0.25, 0.3) is 11.8 Å². The number of nitrogens with one attached hydrogen (secondary N) is 2. The van der Waals surface area contributed by atoms with Gasteiger partial charge in [-0.2, -0.15) is 0 Å². The van der Waals surface area contributed by atoms with Gasteiger partial charge in [-0.3, -0.25) is 20.4 Å². The van der Waals surface area contributed by atoms with E-state index < -0.39 is 17.8 Å². The van der Waals surface area contributed by atoms with Crippen molar-refractivity contribution in [2.24, 2.45) is 0 Å². The minimum Gasteiger partial charge on any atom is -0.484 e. The van der Waals surface area contributed by atoms with E-state index >= 15 is 0 Å². The summed E-state index contributed by atoms with van der Waals surface area (Å²) in [6, 6.07) is 12.8. The van der Waals surface area contributed by atoms with Gasteiger partial charge in [-0.15, -0.1) is 0 Å². The summed E-state index contributed by atoms with van der Waals surface area (Å²) < 4.78 is 5.27. The summed E-state index contributed by atoms with van der Waals surface area (Å²) in [5.41, 5.74) is 5.19. The lowest BCUT2D eigenvalue weighted by molar-refractivity contribution is -0.123. The van der Waals surface area contributed by atoms with Crippen molar-refractivity contribution in [2.45, 2.75) is 6.92 Å². The quantitative estimate of drug-likeness (QED) is 0.722. The van der Waals surface area contributed by atoms with Gasteiger partial charge >= 0.3 is 5.97 Å². The Bertz CT molecular complexity index is 756. The standard InChI is InChI=1S/C17H16N2O5/c1-11-6-8-12(9-7-11)24-10-15(20)18-19-16(21)13-4-2-3-5-14(13)17(22)23/h2-9H,10H2,1H3,(H,18,20)(H,19,21)(H,22,23). The predicted molar refractivity (Wildman–Crippen MR) is 85.7 cm³/mol. The maximum absolute atomic E-state index is 12.0. The van der Waals surface area contributed by atoms with Crippen molar-refractivity contribution in [2.75, 3.05) is 6.61 Å². The van der Waals surface area contributed by atoms with Crippen molar-refractivity contribution < 1.29 is 24.2 Å². The van der Waals surface area contributed by atoms with E-state index in [0.29, 0.717) is 5.75 Å². The molecule has 2 aromatic carbocycles. The number of ether oxygens (including phenoxy) is 1. The van der Waals surface area contributed by atoms with Crippen molar-refractivity contribution in [1.82, 2.24) is 10.9 Å². The molecule has 0 aliphatic carbocycles. The largest absolute Gasteiger partial charge is 0.484 e. The van der Waals surface area contributed by atoms with Crippen molar-refractivity contribution in [3.05, 3.63) is 65.2 Å². The van der Waals surface area contributed by atoms with Gasteiger partial charge in [0.1, 0.15) is 5.75 Å². The van der Waals surface area contributed by atoms with E-state index in [1.54, 1.807) is 12.1 Å². The Hall–Kier alpha value is -3.35. The number of aryl methyl sites for hydroxylation is 1. The summed E-state index contributed by atoms with van der Waals surface area (Å²) in [6.45, 7) is 1.64. The van der Waals surface area contributed by atoms with E-state index in [2.05, 4.69) is 10.9 Å². The second kappa shape index (κ2) is 7.77. The molecule has 0 unspecified atom stereocenters. The lowest BCUT2D eigenvalue weighted by atomic mass is 10.1. The van der Waals surface area contributed by atoms with E-state index in [1.165, 1.54) is 24.3 Å². The molecule has 2 amide bonds. The molecule has 0 atom stereocenters. The molecule has 0 radical (unpaired) electrons. The van der Waals surface area contributed by atoms with Gasteiger partial charge in [0.2, 0.25) is 0 Å². The van der Waals surface area contributed by atoms with Crippen LogP contribution in [-0.4, -0.2) is 29.5 Å². The molecule has 7 nitrogen and oxygen atoms in total. The van der Waals surface area contributed by atoms with Crippen LogP contribution < -0.4 is 15.6 Å². The number of carbonyl (C=O) groups is 3. The number of benzene rings is 2. The van der Waals surface area contributed by atoms with Crippen LogP contribution in [0.5, 0.6) is 5.75 Å². The SMILES string of the molecule is Cc1ccc(OCC(=O)NNC(=O)c2ccccc2C(=O)O)cc1. The number of carboxylic acids is 1. The number of rotatable bonds is 5. The molecule has 2 rings (SSSR count). The van der Waals surface area contributed by atoms with E-state index in [0.717, 1.165) is 5.56 Å². The third kappa shape index (κ3) is 4.57. The molecule has 7 heteroatoms. The van der Waals surface area contributed by atoms with Crippen LogP contribution in [-0.2, 0) is 4.79 Å². The number of hydrogen-bond donors (Lipinski definition) is 3. The molecular weight excluding hydrogens is 312 g/mol. The summed E-state index contributed by atoms with van der Waals surface area (Å²) in [4.78, 5) is 34.7. The Morgan fingerprint density at radius 3 is 2.21 bits per heavy atom. The van der Waals surface area contributed by atoms with Crippen LogP contribution in [0.25, 0.3) is 0 Å². The third-order valence-corrected chi connectivity index (χ3v) is 3.11. The molecule has 0 aliphatic rings. The molecule has 124 valence electrons. The first-order chi connectivity index (χ1) is 11.5. The summed E-state index contributed by atoms with van der Waals surface area (Å²) in [6.07, 6.45) is 0. The van der Waals surface area contributed by atoms with E-state index in [-0.39, 0.29) is 17.7 Å². The summed E-state index contributed by atoms with van der Waals surface area (Å²) in [5.74, 6) is -2.00. The maximum atomic E-state index is 12.0. The monoisotopic (exact) mass is 328 g/mol. The van der Waals surface area contributed by atoms with E-state index in [1.807, 2.05) is 19.1 Å². The number of hydrazine groups is 1. The zero-order valence-electron chi connectivity index (χ0n) is 12.9. The van der Waals surface area contributed by atoms with Crippen LogP contribution in [0.4, 0.5) is 0 Å². The zero-order valence-corrected chi connectivity index (χ0v) is 12.9. The second-order valence-electron chi connectivity index (χ2n) is 4.95. The van der Waals surface area contributed by atoms with Gasteiger partial charge in [-0.25, -0.2) is 4.79 Å². The highest BCUT2D eigenvalue weighted by Gasteiger charge is 2.16. The third-order valence-electron chi connectivity index (χ3n) is 3.11. The van der Waals surface area contributed by atoms with Crippen molar-refractivity contribution in [3.63, 3.8) is 0 Å². The number of aromatic carboxylic acids is 1. The summed E-state index contributed by atoms with van der Waals surface area (Å²) in [5, 5.41) is 9.03. The number of carbonyl (C=O) groups excluding carboxylic acids is 2. The first-order valence-corrected chi connectivity index (χ1v) is 7.08. The number of amides is 2. The average molecular weight is 328 g/mol. The maximum Gasteiger partial charge on any atom is 0.336 e. The van der Waals surface area contributed by atoms with E-state index in [9.17, 15) is 14.4 Å². The average Bonchev–Trinajstić information content (AvgIpc) is 2.59. The van der Waals surface area contributed by atoms with E-state index in [4.69, 9.17) is 9.84 Å². The summed E-state index contributed by atoms with van der Waals surface area (Å²) >= 11 is 0. The van der Waals surface area contributed by atoms with Crippen LogP contribution in [0.15, 0.2) is 48.5 Å². The van der Waals surface area contributed by atoms with Gasteiger partial charge in [-0.05, 0) is 31.2 Å². The van der Waals surface area contributed by atoms with Gasteiger partial charge in [0.05, 0.1) is 11.1 Å². The predicted octanol–water partition coefficient (Wildman–Crippen LogP) is 1.53. The van der Waals surface area contributed by atoms with Gasteiger partial charge < -0.3 is 9.84 Å². The van der Waals surface area contributed by atoms with Crippen molar-refractivity contribution >= 4 is 17.8 Å². The molecule has 0 bridgehead atoms. The number of hydrogen-bond acceptors (Lipinski definition) is 4. The summed E-state index contributed by atoms with van der Waals surface area (Å²) in [7, 11) is 0. The molecule has 24 heavy (non-hydrogen) atoms. The van der Waals surface area contributed by atoms with Crippen molar-refractivity contribution in [1.29, 1.82) is 0 Å². The molecule has 0 saturated heterocycles. The Kier molecular flexibility index (Phi) is 5.51. The van der Waals surface area contributed by atoms with Gasteiger partial charge in [0.15, 0.2) is 6.61 Å². The molecular formula is C17H16N2O5. The smallest absolute Gasteiger partial charge is 0.336 e. The molecule has 0 aromatic heterocycles. The topological polar surface area (TPSA) is 105 Å². The van der Waals surface area contributed by atoms with Crippen LogP contribution in [0, 0.1) is 6.92 Å². The minimum atomic E-state index is -1.23. The first kappa shape index (κ1) is 17.0. The Morgan fingerprint density at radius 1 is 0.958 bits per heavy atom. The second-order valence-corrected chi connectivity index (χ2v) is 4.95. The van der Waals surface area contributed by atoms with Crippen LogP contribution >= 0.6 is 0 Å². The highest BCUT2D eigenvalue weighted by atomic mass is 16.5. The van der Waals surface area contributed by atoms with Crippen LogP contribution in [0.2, 0.25) is 0 Å². The zero-order chi connectivity index (χ0) is 17.5. The highest BCUT2D eigenvalue weighted by molar-refractivity contribution is 6.05. The fraction of sp³-hybridized carbons (Fsp3) is 0.118. The Labute approximate surface area is 138 Å². The molecule has 0 aliphatic heterocycles. The lowest BCUT2D eigenvalue weighted by Crippen LogP contribution is -2.44. The first-order valence-electron chi connectivity index (χ1n) is 7.08. The van der Waals surface area contributed by atoms with Gasteiger partial charge in [0, 0.05) is 0 Å². The Morgan fingerprint density at radius 2 is 1.58 bits per heavy atom.